The van der Waals surface area contributed by atoms with Gasteiger partial charge < -0.3 is 5.32 Å². The average molecular weight is 193 g/mol. The molecule has 6 heteroatoms. The maximum Gasteiger partial charge on any atom is 0.237 e. The van der Waals surface area contributed by atoms with Gasteiger partial charge in [-0.2, -0.15) is 5.26 Å². The molecule has 1 aromatic heterocycles. The van der Waals surface area contributed by atoms with Gasteiger partial charge in [0.25, 0.3) is 0 Å². The van der Waals surface area contributed by atoms with Crippen LogP contribution < -0.4 is 5.32 Å². The van der Waals surface area contributed by atoms with Crippen molar-refractivity contribution >= 4 is 5.91 Å². The van der Waals surface area contributed by atoms with E-state index in [4.69, 9.17) is 5.26 Å². The molecule has 1 heterocycles. The van der Waals surface area contributed by atoms with Crippen LogP contribution in [0.25, 0.3) is 0 Å². The highest BCUT2D eigenvalue weighted by Gasteiger charge is 2.09. The molecular formula is C8H11N5O. The largest absolute Gasteiger partial charge is 0.353 e. The van der Waals surface area contributed by atoms with Crippen molar-refractivity contribution in [2.75, 3.05) is 6.54 Å². The molecule has 0 bridgehead atoms. The molecule has 14 heavy (non-hydrogen) atoms. The van der Waals surface area contributed by atoms with E-state index in [1.54, 1.807) is 24.0 Å². The van der Waals surface area contributed by atoms with Gasteiger partial charge in [0.1, 0.15) is 5.92 Å². The molecule has 1 N–H and O–H groups in total. The molecule has 0 aliphatic carbocycles. The fraction of sp³-hybridized carbons (Fsp3) is 0.500. The van der Waals surface area contributed by atoms with Crippen LogP contribution in [0.3, 0.4) is 0 Å². The Morgan fingerprint density at radius 3 is 3.14 bits per heavy atom. The summed E-state index contributed by atoms with van der Waals surface area (Å²) >= 11 is 0. The fourth-order valence-corrected chi connectivity index (χ4v) is 0.857. The smallest absolute Gasteiger partial charge is 0.237 e. The van der Waals surface area contributed by atoms with Gasteiger partial charge in [-0.3, -0.25) is 9.48 Å². The number of aromatic nitrogens is 3. The van der Waals surface area contributed by atoms with Crippen LogP contribution in [0.1, 0.15) is 6.92 Å². The quantitative estimate of drug-likeness (QED) is 0.702. The van der Waals surface area contributed by atoms with Gasteiger partial charge in [0.05, 0.1) is 18.8 Å². The summed E-state index contributed by atoms with van der Waals surface area (Å²) in [4.78, 5) is 11.1. The summed E-state index contributed by atoms with van der Waals surface area (Å²) in [5.74, 6) is -0.863. The van der Waals surface area contributed by atoms with Crippen LogP contribution in [0.2, 0.25) is 0 Å². The van der Waals surface area contributed by atoms with E-state index in [0.717, 1.165) is 0 Å². The number of nitriles is 1. The topological polar surface area (TPSA) is 83.6 Å². The molecule has 0 saturated carbocycles. The Labute approximate surface area is 81.5 Å². The Kier molecular flexibility index (Phi) is 3.61. The van der Waals surface area contributed by atoms with Gasteiger partial charge in [-0.15, -0.1) is 5.10 Å². The van der Waals surface area contributed by atoms with Crippen molar-refractivity contribution in [2.24, 2.45) is 5.92 Å². The minimum Gasteiger partial charge on any atom is -0.353 e. The number of amides is 1. The van der Waals surface area contributed by atoms with Gasteiger partial charge in [0.2, 0.25) is 5.91 Å². The number of hydrogen-bond donors (Lipinski definition) is 1. The first-order valence-electron chi connectivity index (χ1n) is 4.25. The number of nitrogens with one attached hydrogen (secondary N) is 1. The Bertz CT molecular complexity index is 326. The zero-order valence-corrected chi connectivity index (χ0v) is 7.84. The molecule has 0 radical (unpaired) electrons. The fourth-order valence-electron chi connectivity index (χ4n) is 0.857. The molecule has 1 amide bonds. The standard InChI is InChI=1S/C8H11N5O/c1-7(6-9)8(14)10-2-4-13-5-3-11-12-13/h3,5,7H,2,4H2,1H3,(H,10,14). The van der Waals surface area contributed by atoms with Crippen molar-refractivity contribution in [3.8, 4) is 6.07 Å². The van der Waals surface area contributed by atoms with Crippen molar-refractivity contribution in [1.29, 1.82) is 5.26 Å². The molecule has 74 valence electrons. The van der Waals surface area contributed by atoms with E-state index in [1.165, 1.54) is 0 Å². The van der Waals surface area contributed by atoms with Gasteiger partial charge in [-0.05, 0) is 6.92 Å². The predicted octanol–water partition coefficient (Wildman–Crippen LogP) is -0.446. The second kappa shape index (κ2) is 4.97. The van der Waals surface area contributed by atoms with Gasteiger partial charge in [-0.1, -0.05) is 5.21 Å². The minimum absolute atomic E-state index is 0.257. The third-order valence-electron chi connectivity index (χ3n) is 1.70. The second-order valence-electron chi connectivity index (χ2n) is 2.81. The zero-order valence-electron chi connectivity index (χ0n) is 7.84. The molecule has 1 aromatic rings. The van der Waals surface area contributed by atoms with Gasteiger partial charge in [0.15, 0.2) is 0 Å². The predicted molar refractivity (Wildman–Crippen MR) is 47.8 cm³/mol. The Morgan fingerprint density at radius 1 is 1.79 bits per heavy atom. The highest BCUT2D eigenvalue weighted by Crippen LogP contribution is 1.90. The first kappa shape index (κ1) is 10.2. The monoisotopic (exact) mass is 193 g/mol. The zero-order chi connectivity index (χ0) is 10.4. The molecule has 1 atom stereocenters. The van der Waals surface area contributed by atoms with Crippen molar-refractivity contribution in [3.05, 3.63) is 12.4 Å². The first-order valence-corrected chi connectivity index (χ1v) is 4.25. The maximum absolute atomic E-state index is 11.1. The van der Waals surface area contributed by atoms with E-state index in [-0.39, 0.29) is 5.91 Å². The van der Waals surface area contributed by atoms with E-state index in [9.17, 15) is 4.79 Å². The van der Waals surface area contributed by atoms with E-state index < -0.39 is 5.92 Å². The normalized spacial score (nSPS) is 11.7. The first-order chi connectivity index (χ1) is 6.74. The van der Waals surface area contributed by atoms with Crippen LogP contribution in [0.5, 0.6) is 0 Å². The van der Waals surface area contributed by atoms with Gasteiger partial charge in [0, 0.05) is 12.7 Å². The molecule has 0 saturated heterocycles. The lowest BCUT2D eigenvalue weighted by atomic mass is 10.2. The van der Waals surface area contributed by atoms with E-state index >= 15 is 0 Å². The Balaban J connectivity index is 2.23. The van der Waals surface area contributed by atoms with Crippen molar-refractivity contribution in [3.63, 3.8) is 0 Å². The van der Waals surface area contributed by atoms with Crippen molar-refractivity contribution in [1.82, 2.24) is 20.3 Å². The highest BCUT2D eigenvalue weighted by atomic mass is 16.1. The molecule has 1 unspecified atom stereocenters. The number of carbonyl (C=O) groups is 1. The molecule has 1 rings (SSSR count). The summed E-state index contributed by atoms with van der Waals surface area (Å²) in [6, 6.07) is 1.86. The molecule has 0 fully saturated rings. The minimum atomic E-state index is -0.606. The van der Waals surface area contributed by atoms with E-state index in [1.807, 2.05) is 6.07 Å². The van der Waals surface area contributed by atoms with Crippen LogP contribution in [0.15, 0.2) is 12.4 Å². The third kappa shape index (κ3) is 2.86. The van der Waals surface area contributed by atoms with E-state index in [2.05, 4.69) is 15.6 Å². The lowest BCUT2D eigenvalue weighted by Gasteiger charge is -2.05. The molecular weight excluding hydrogens is 182 g/mol. The lowest BCUT2D eigenvalue weighted by molar-refractivity contribution is -0.122. The van der Waals surface area contributed by atoms with Gasteiger partial charge >= 0.3 is 0 Å². The molecule has 0 aromatic carbocycles. The third-order valence-corrected chi connectivity index (χ3v) is 1.70. The van der Waals surface area contributed by atoms with Crippen molar-refractivity contribution < 1.29 is 4.79 Å². The Hall–Kier alpha value is -1.90. The van der Waals surface area contributed by atoms with Crippen molar-refractivity contribution in [2.45, 2.75) is 13.5 Å². The maximum atomic E-state index is 11.1. The van der Waals surface area contributed by atoms with E-state index in [0.29, 0.717) is 13.1 Å². The number of hydrogen-bond acceptors (Lipinski definition) is 4. The molecule has 0 aliphatic heterocycles. The average Bonchev–Trinajstić information content (AvgIpc) is 2.69. The van der Waals surface area contributed by atoms with Gasteiger partial charge in [-0.25, -0.2) is 0 Å². The summed E-state index contributed by atoms with van der Waals surface area (Å²) in [7, 11) is 0. The summed E-state index contributed by atoms with van der Waals surface area (Å²) in [5.41, 5.74) is 0. The summed E-state index contributed by atoms with van der Waals surface area (Å²) in [6.45, 7) is 2.57. The lowest BCUT2D eigenvalue weighted by Crippen LogP contribution is -2.31. The van der Waals surface area contributed by atoms with Crippen LogP contribution in [-0.4, -0.2) is 27.4 Å². The summed E-state index contributed by atoms with van der Waals surface area (Å²) in [6.07, 6.45) is 3.28. The second-order valence-corrected chi connectivity index (χ2v) is 2.81. The van der Waals surface area contributed by atoms with Crippen LogP contribution in [0, 0.1) is 17.2 Å². The Morgan fingerprint density at radius 2 is 2.57 bits per heavy atom. The van der Waals surface area contributed by atoms with Crippen LogP contribution in [0.4, 0.5) is 0 Å². The highest BCUT2D eigenvalue weighted by molar-refractivity contribution is 5.80. The summed E-state index contributed by atoms with van der Waals surface area (Å²) < 4.78 is 1.61. The molecule has 6 nitrogen and oxygen atoms in total. The number of carbonyl (C=O) groups excluding carboxylic acids is 1. The molecule has 0 spiro atoms. The van der Waals surface area contributed by atoms with Crippen LogP contribution >= 0.6 is 0 Å². The number of rotatable bonds is 4. The molecule has 0 aliphatic rings. The summed E-state index contributed by atoms with van der Waals surface area (Å²) in [5, 5.41) is 18.4. The number of nitrogens with zero attached hydrogens (tertiary/aromatic N) is 4. The SMILES string of the molecule is CC(C#N)C(=O)NCCn1ccnn1. The van der Waals surface area contributed by atoms with Crippen LogP contribution in [-0.2, 0) is 11.3 Å².